The number of rotatable bonds is 11. The minimum Gasteiger partial charge on any atom is -0.307 e. The molecule has 6 rings (SSSR count). The molecule has 1 N–H and O–H groups in total. The number of likely N-dealkylation sites (tertiary alicyclic amines) is 1. The lowest BCUT2D eigenvalue weighted by Crippen LogP contribution is -2.36. The molecule has 2 aliphatic rings. The van der Waals surface area contributed by atoms with Gasteiger partial charge in [-0.2, -0.15) is 5.21 Å². The second-order valence-corrected chi connectivity index (χ2v) is 11.8. The molecule has 2 saturated heterocycles. The third-order valence-electron chi connectivity index (χ3n) is 8.06. The van der Waals surface area contributed by atoms with Crippen molar-refractivity contribution < 1.29 is 9.59 Å². The summed E-state index contributed by atoms with van der Waals surface area (Å²) in [5, 5.41) is 16.6. The topological polar surface area (TPSA) is 98.3 Å². The Bertz CT molecular complexity index is 1450. The van der Waals surface area contributed by atoms with Gasteiger partial charge in [-0.1, -0.05) is 61.0 Å². The van der Waals surface area contributed by atoms with E-state index >= 15 is 0 Å². The van der Waals surface area contributed by atoms with Gasteiger partial charge >= 0.3 is 6.03 Å². The number of carbonyl (C=O) groups is 2. The highest BCUT2D eigenvalue weighted by Gasteiger charge is 2.44. The molecule has 3 amide bonds. The van der Waals surface area contributed by atoms with Crippen molar-refractivity contribution in [2.75, 3.05) is 26.2 Å². The Kier molecular flexibility index (Phi) is 8.48. The van der Waals surface area contributed by atoms with E-state index in [0.717, 1.165) is 54.0 Å². The van der Waals surface area contributed by atoms with Crippen molar-refractivity contribution in [1.29, 1.82) is 0 Å². The average Bonchev–Trinajstić information content (AvgIpc) is 3.76. The predicted molar refractivity (Wildman–Crippen MR) is 159 cm³/mol. The van der Waals surface area contributed by atoms with Gasteiger partial charge < -0.3 is 9.80 Å². The molecule has 0 unspecified atom stereocenters. The zero-order valence-electron chi connectivity index (χ0n) is 23.1. The molecule has 212 valence electrons. The zero-order chi connectivity index (χ0) is 28.0. The van der Waals surface area contributed by atoms with Gasteiger partial charge in [0.2, 0.25) is 5.82 Å². The first-order valence-electron chi connectivity index (χ1n) is 14.5. The maximum atomic E-state index is 13.7. The number of nitrogens with one attached hydrogen (secondary N) is 1. The van der Waals surface area contributed by atoms with Crippen LogP contribution in [0.4, 0.5) is 4.79 Å². The van der Waals surface area contributed by atoms with Gasteiger partial charge in [-0.25, -0.2) is 4.79 Å². The third-order valence-corrected chi connectivity index (χ3v) is 8.98. The molecule has 10 heteroatoms. The summed E-state index contributed by atoms with van der Waals surface area (Å²) in [6.07, 6.45) is 5.93. The lowest BCUT2D eigenvalue weighted by atomic mass is 10.0. The van der Waals surface area contributed by atoms with E-state index in [1.165, 1.54) is 29.7 Å². The van der Waals surface area contributed by atoms with Crippen LogP contribution in [0, 0.1) is 0 Å². The Morgan fingerprint density at radius 1 is 0.927 bits per heavy atom. The number of piperidine rings is 1. The number of benzene rings is 2. The molecule has 1 atom stereocenters. The van der Waals surface area contributed by atoms with E-state index < -0.39 is 6.04 Å². The van der Waals surface area contributed by atoms with Crippen molar-refractivity contribution in [3.63, 3.8) is 0 Å². The minimum atomic E-state index is -0.463. The molecule has 4 aromatic rings. The molecule has 0 spiro atoms. The molecule has 2 fully saturated rings. The number of aryl methyl sites for hydroxylation is 1. The largest absolute Gasteiger partial charge is 0.327 e. The molecule has 0 saturated carbocycles. The summed E-state index contributed by atoms with van der Waals surface area (Å²) < 4.78 is 0. The van der Waals surface area contributed by atoms with Crippen LogP contribution in [0.2, 0.25) is 0 Å². The normalized spacial score (nSPS) is 18.0. The van der Waals surface area contributed by atoms with E-state index in [1.54, 1.807) is 16.2 Å². The van der Waals surface area contributed by atoms with E-state index in [-0.39, 0.29) is 11.9 Å². The van der Waals surface area contributed by atoms with Gasteiger partial charge in [-0.05, 0) is 85.1 Å². The molecule has 0 bridgehead atoms. The number of imide groups is 1. The fraction of sp³-hybridized carbons (Fsp3) is 0.387. The second kappa shape index (κ2) is 12.7. The first-order valence-corrected chi connectivity index (χ1v) is 15.3. The van der Waals surface area contributed by atoms with Gasteiger partial charge in [0, 0.05) is 17.0 Å². The number of thiophene rings is 1. The van der Waals surface area contributed by atoms with Gasteiger partial charge in [0.1, 0.15) is 6.04 Å². The highest BCUT2D eigenvalue weighted by atomic mass is 32.1. The number of hydrogen-bond acceptors (Lipinski definition) is 7. The number of carbonyl (C=O) groups excluding carboxylic acids is 2. The van der Waals surface area contributed by atoms with Gasteiger partial charge in [-0.3, -0.25) is 9.69 Å². The number of aromatic amines is 1. The smallest absolute Gasteiger partial charge is 0.307 e. The summed E-state index contributed by atoms with van der Waals surface area (Å²) in [6.45, 7) is 4.04. The third kappa shape index (κ3) is 6.23. The lowest BCUT2D eigenvalue weighted by Gasteiger charge is -2.26. The van der Waals surface area contributed by atoms with E-state index in [2.05, 4.69) is 49.1 Å². The van der Waals surface area contributed by atoms with Crippen molar-refractivity contribution in [3.8, 4) is 22.5 Å². The maximum absolute atomic E-state index is 13.7. The fourth-order valence-electron chi connectivity index (χ4n) is 5.92. The molecule has 0 aliphatic carbocycles. The minimum absolute atomic E-state index is 0.0659. The number of urea groups is 1. The SMILES string of the molecule is O=C1[C@H](CCc2ccccc2)N(Cc2cc(-c3ccccc3-c3nn[nH]n3)cs2)C(=O)N1CCCN1CCCCC1. The molecule has 9 nitrogen and oxygen atoms in total. The Labute approximate surface area is 244 Å². The molecule has 4 heterocycles. The van der Waals surface area contributed by atoms with E-state index in [1.807, 2.05) is 42.5 Å². The highest BCUT2D eigenvalue weighted by Crippen LogP contribution is 2.34. The molecule has 2 aromatic carbocycles. The first-order chi connectivity index (χ1) is 20.2. The van der Waals surface area contributed by atoms with Crippen LogP contribution >= 0.6 is 11.3 Å². The van der Waals surface area contributed by atoms with Gasteiger partial charge in [-0.15, -0.1) is 21.5 Å². The molecule has 2 aliphatic heterocycles. The Morgan fingerprint density at radius 2 is 1.71 bits per heavy atom. The van der Waals surface area contributed by atoms with Crippen LogP contribution in [0.1, 0.15) is 42.5 Å². The number of amides is 3. The molecular formula is C31H35N7O2S. The number of tetrazole rings is 1. The quantitative estimate of drug-likeness (QED) is 0.248. The summed E-state index contributed by atoms with van der Waals surface area (Å²) >= 11 is 1.60. The summed E-state index contributed by atoms with van der Waals surface area (Å²) in [6, 6.07) is 19.6. The standard InChI is InChI=1S/C31H35N7O2S/c39-30-28(15-14-23-10-3-1-4-11-23)38(31(40)37(30)19-9-18-36-16-7-2-8-17-36)21-25-20-24(22-41-25)26-12-5-6-13-27(26)29-32-34-35-33-29/h1,3-6,10-13,20,22,28H,2,7-9,14-19,21H2,(H,32,33,34,35)/t28-/m0/s1. The Morgan fingerprint density at radius 3 is 2.49 bits per heavy atom. The van der Waals surface area contributed by atoms with Crippen molar-refractivity contribution >= 4 is 23.3 Å². The van der Waals surface area contributed by atoms with Crippen LogP contribution in [0.3, 0.4) is 0 Å². The summed E-state index contributed by atoms with van der Waals surface area (Å²) in [5.41, 5.74) is 4.09. The van der Waals surface area contributed by atoms with Gasteiger partial charge in [0.25, 0.3) is 5.91 Å². The second-order valence-electron chi connectivity index (χ2n) is 10.8. The number of H-pyrrole nitrogens is 1. The van der Waals surface area contributed by atoms with Gasteiger partial charge in [0.15, 0.2) is 0 Å². The lowest BCUT2D eigenvalue weighted by molar-refractivity contribution is -0.128. The molecule has 41 heavy (non-hydrogen) atoms. The first kappa shape index (κ1) is 27.3. The van der Waals surface area contributed by atoms with Crippen molar-refractivity contribution in [1.82, 2.24) is 35.3 Å². The van der Waals surface area contributed by atoms with Gasteiger partial charge in [0.05, 0.1) is 6.54 Å². The van der Waals surface area contributed by atoms with Crippen molar-refractivity contribution in [2.24, 2.45) is 0 Å². The monoisotopic (exact) mass is 569 g/mol. The van der Waals surface area contributed by atoms with E-state index in [0.29, 0.717) is 25.3 Å². The van der Waals surface area contributed by atoms with Crippen molar-refractivity contribution in [2.45, 2.75) is 51.1 Å². The zero-order valence-corrected chi connectivity index (χ0v) is 23.9. The predicted octanol–water partition coefficient (Wildman–Crippen LogP) is 5.24. The number of hydrogen-bond donors (Lipinski definition) is 1. The van der Waals surface area contributed by atoms with Crippen molar-refractivity contribution in [3.05, 3.63) is 76.5 Å². The maximum Gasteiger partial charge on any atom is 0.327 e. The Hall–Kier alpha value is -3.89. The number of nitrogens with zero attached hydrogens (tertiary/aromatic N) is 6. The van der Waals surface area contributed by atoms with E-state index in [9.17, 15) is 9.59 Å². The molecule has 0 radical (unpaired) electrons. The van der Waals surface area contributed by atoms with Crippen LogP contribution in [0.15, 0.2) is 66.0 Å². The summed E-state index contributed by atoms with van der Waals surface area (Å²) in [7, 11) is 0. The summed E-state index contributed by atoms with van der Waals surface area (Å²) in [5.74, 6) is 0.471. The number of aromatic nitrogens is 4. The Balaban J connectivity index is 1.19. The van der Waals surface area contributed by atoms with Crippen LogP contribution in [0.5, 0.6) is 0 Å². The van der Waals surface area contributed by atoms with Crippen LogP contribution in [-0.4, -0.2) is 79.5 Å². The van der Waals surface area contributed by atoms with Crippen LogP contribution < -0.4 is 0 Å². The van der Waals surface area contributed by atoms with E-state index in [4.69, 9.17) is 0 Å². The van der Waals surface area contributed by atoms with Crippen LogP contribution in [-0.2, 0) is 17.8 Å². The highest BCUT2D eigenvalue weighted by molar-refractivity contribution is 7.10. The fourth-order valence-corrected chi connectivity index (χ4v) is 6.80. The molecular weight excluding hydrogens is 534 g/mol. The van der Waals surface area contributed by atoms with Crippen LogP contribution in [0.25, 0.3) is 22.5 Å². The summed E-state index contributed by atoms with van der Waals surface area (Å²) in [4.78, 5) is 34.1. The average molecular weight is 570 g/mol. The molecule has 2 aromatic heterocycles.